The Bertz CT molecular complexity index is 649. The number of benzene rings is 2. The van der Waals surface area contributed by atoms with Gasteiger partial charge in [-0.05, 0) is 36.6 Å². The number of hydrogen-bond donors (Lipinski definition) is 1. The molecule has 0 saturated carbocycles. The van der Waals surface area contributed by atoms with Crippen molar-refractivity contribution in [3.63, 3.8) is 0 Å². The minimum atomic E-state index is 0.231. The van der Waals surface area contributed by atoms with Crippen LogP contribution in [0.1, 0.15) is 23.1 Å². The first-order valence-electron chi connectivity index (χ1n) is 7.87. The van der Waals surface area contributed by atoms with Gasteiger partial charge in [0.05, 0.1) is 0 Å². The van der Waals surface area contributed by atoms with Gasteiger partial charge >= 0.3 is 0 Å². The second kappa shape index (κ2) is 6.65. The molecule has 0 aliphatic carbocycles. The fraction of sp³-hybridized carbons (Fsp3) is 0.316. The third-order valence-electron chi connectivity index (χ3n) is 4.20. The number of rotatable bonds is 4. The van der Waals surface area contributed by atoms with Gasteiger partial charge in [-0.15, -0.1) is 0 Å². The molecule has 0 atom stereocenters. The zero-order valence-electron chi connectivity index (χ0n) is 13.0. The second-order valence-corrected chi connectivity index (χ2v) is 5.88. The van der Waals surface area contributed by atoms with Crippen molar-refractivity contribution in [3.8, 4) is 0 Å². The average molecular weight is 294 g/mol. The molecular weight excluding hydrogens is 272 g/mol. The van der Waals surface area contributed by atoms with Crippen molar-refractivity contribution < 1.29 is 4.79 Å². The molecule has 1 aliphatic heterocycles. The molecule has 114 valence electrons. The van der Waals surface area contributed by atoms with E-state index < -0.39 is 0 Å². The highest BCUT2D eigenvalue weighted by atomic mass is 16.2. The molecule has 0 saturated heterocycles. The fourth-order valence-corrected chi connectivity index (χ4v) is 2.85. The maximum Gasteiger partial charge on any atom is 0.224 e. The molecule has 1 aliphatic rings. The lowest BCUT2D eigenvalue weighted by Gasteiger charge is -2.29. The summed E-state index contributed by atoms with van der Waals surface area (Å²) >= 11 is 0. The summed E-state index contributed by atoms with van der Waals surface area (Å²) in [6, 6.07) is 16.7. The van der Waals surface area contributed by atoms with Gasteiger partial charge < -0.3 is 10.2 Å². The van der Waals surface area contributed by atoms with E-state index in [2.05, 4.69) is 54.7 Å². The highest BCUT2D eigenvalue weighted by Crippen LogP contribution is 2.19. The van der Waals surface area contributed by atoms with Crippen LogP contribution in [0.2, 0.25) is 0 Å². The van der Waals surface area contributed by atoms with Crippen molar-refractivity contribution in [3.05, 3.63) is 65.2 Å². The van der Waals surface area contributed by atoms with Gasteiger partial charge in [-0.2, -0.15) is 0 Å². The normalized spacial score (nSPS) is 13.6. The molecule has 0 bridgehead atoms. The average Bonchev–Trinajstić information content (AvgIpc) is 2.56. The number of fused-ring (bicyclic) bond motifs is 1. The van der Waals surface area contributed by atoms with E-state index in [0.717, 1.165) is 25.2 Å². The maximum atomic E-state index is 12.3. The number of aryl methyl sites for hydroxylation is 1. The second-order valence-electron chi connectivity index (χ2n) is 5.88. The van der Waals surface area contributed by atoms with Crippen LogP contribution in [0.5, 0.6) is 0 Å². The summed E-state index contributed by atoms with van der Waals surface area (Å²) in [5.74, 6) is 0.231. The molecule has 3 rings (SSSR count). The molecular formula is C19H22N2O. The summed E-state index contributed by atoms with van der Waals surface area (Å²) in [6.45, 7) is 4.33. The van der Waals surface area contributed by atoms with Crippen LogP contribution in [0.4, 0.5) is 5.69 Å². The Morgan fingerprint density at radius 1 is 1.09 bits per heavy atom. The fourth-order valence-electron chi connectivity index (χ4n) is 2.85. The summed E-state index contributed by atoms with van der Waals surface area (Å²) in [6.07, 6.45) is 1.50. The molecule has 0 fully saturated rings. The van der Waals surface area contributed by atoms with Crippen molar-refractivity contribution in [1.29, 1.82) is 0 Å². The third kappa shape index (κ3) is 3.48. The first-order chi connectivity index (χ1) is 10.7. The van der Waals surface area contributed by atoms with Crippen molar-refractivity contribution in [2.75, 3.05) is 18.4 Å². The zero-order valence-corrected chi connectivity index (χ0v) is 13.0. The van der Waals surface area contributed by atoms with Crippen LogP contribution in [0.15, 0.2) is 48.5 Å². The topological polar surface area (TPSA) is 32.3 Å². The standard InChI is InChI=1S/C19H22N2O/c1-15-6-8-18(9-7-15)20-12-10-19(22)21-13-11-16-4-2-3-5-17(16)14-21/h2-9,20H,10-14H2,1H3. The van der Waals surface area contributed by atoms with Gasteiger partial charge in [0.15, 0.2) is 0 Å². The number of nitrogens with zero attached hydrogens (tertiary/aromatic N) is 1. The summed E-state index contributed by atoms with van der Waals surface area (Å²) in [7, 11) is 0. The van der Waals surface area contributed by atoms with Crippen LogP contribution in [0, 0.1) is 6.92 Å². The van der Waals surface area contributed by atoms with Crippen molar-refractivity contribution in [2.24, 2.45) is 0 Å². The Balaban J connectivity index is 1.50. The van der Waals surface area contributed by atoms with E-state index in [1.165, 1.54) is 16.7 Å². The third-order valence-corrected chi connectivity index (χ3v) is 4.20. The van der Waals surface area contributed by atoms with E-state index in [0.29, 0.717) is 13.0 Å². The molecule has 22 heavy (non-hydrogen) atoms. The largest absolute Gasteiger partial charge is 0.385 e. The van der Waals surface area contributed by atoms with Crippen molar-refractivity contribution >= 4 is 11.6 Å². The molecule has 0 unspecified atom stereocenters. The molecule has 3 nitrogen and oxygen atoms in total. The Morgan fingerprint density at radius 3 is 2.59 bits per heavy atom. The molecule has 2 aromatic rings. The molecule has 0 spiro atoms. The minimum absolute atomic E-state index is 0.231. The number of nitrogens with one attached hydrogen (secondary N) is 1. The van der Waals surface area contributed by atoms with E-state index in [-0.39, 0.29) is 5.91 Å². The van der Waals surface area contributed by atoms with E-state index in [9.17, 15) is 4.79 Å². The SMILES string of the molecule is Cc1ccc(NCCC(=O)N2CCc3ccccc3C2)cc1. The molecule has 1 amide bonds. The Labute approximate surface area is 132 Å². The Hall–Kier alpha value is -2.29. The lowest BCUT2D eigenvalue weighted by atomic mass is 10.00. The lowest BCUT2D eigenvalue weighted by molar-refractivity contribution is -0.131. The van der Waals surface area contributed by atoms with E-state index >= 15 is 0 Å². The predicted octanol–water partition coefficient (Wildman–Crippen LogP) is 3.38. The van der Waals surface area contributed by atoms with E-state index in [4.69, 9.17) is 0 Å². The summed E-state index contributed by atoms with van der Waals surface area (Å²) in [5, 5.41) is 3.31. The number of amides is 1. The smallest absolute Gasteiger partial charge is 0.224 e. The molecule has 2 aromatic carbocycles. The van der Waals surface area contributed by atoms with Gasteiger partial charge in [0.25, 0.3) is 0 Å². The number of carbonyl (C=O) groups is 1. The van der Waals surface area contributed by atoms with Gasteiger partial charge in [-0.1, -0.05) is 42.0 Å². The van der Waals surface area contributed by atoms with Gasteiger partial charge in [-0.25, -0.2) is 0 Å². The summed E-state index contributed by atoms with van der Waals surface area (Å²) < 4.78 is 0. The monoisotopic (exact) mass is 294 g/mol. The van der Waals surface area contributed by atoms with Crippen LogP contribution < -0.4 is 5.32 Å². The zero-order chi connectivity index (χ0) is 15.4. The quantitative estimate of drug-likeness (QED) is 0.937. The molecule has 0 aromatic heterocycles. The van der Waals surface area contributed by atoms with E-state index in [1.54, 1.807) is 0 Å². The van der Waals surface area contributed by atoms with Gasteiger partial charge in [0.1, 0.15) is 0 Å². The minimum Gasteiger partial charge on any atom is -0.385 e. The van der Waals surface area contributed by atoms with Gasteiger partial charge in [0, 0.05) is 31.7 Å². The maximum absolute atomic E-state index is 12.3. The van der Waals surface area contributed by atoms with Crippen LogP contribution in [0.3, 0.4) is 0 Å². The highest BCUT2D eigenvalue weighted by molar-refractivity contribution is 5.77. The van der Waals surface area contributed by atoms with Crippen molar-refractivity contribution in [2.45, 2.75) is 26.3 Å². The Kier molecular flexibility index (Phi) is 4.42. The molecule has 0 radical (unpaired) electrons. The first kappa shape index (κ1) is 14.6. The summed E-state index contributed by atoms with van der Waals surface area (Å²) in [5.41, 5.74) is 4.98. The van der Waals surface area contributed by atoms with Crippen LogP contribution in [-0.4, -0.2) is 23.9 Å². The first-order valence-corrected chi connectivity index (χ1v) is 7.87. The number of anilines is 1. The van der Waals surface area contributed by atoms with Gasteiger partial charge in [-0.3, -0.25) is 4.79 Å². The summed E-state index contributed by atoms with van der Waals surface area (Å²) in [4.78, 5) is 14.3. The van der Waals surface area contributed by atoms with Gasteiger partial charge in [0.2, 0.25) is 5.91 Å². The van der Waals surface area contributed by atoms with Crippen LogP contribution >= 0.6 is 0 Å². The van der Waals surface area contributed by atoms with Crippen LogP contribution in [-0.2, 0) is 17.8 Å². The molecule has 1 heterocycles. The number of hydrogen-bond acceptors (Lipinski definition) is 2. The number of carbonyl (C=O) groups excluding carboxylic acids is 1. The Morgan fingerprint density at radius 2 is 1.82 bits per heavy atom. The predicted molar refractivity (Wildman–Crippen MR) is 89.8 cm³/mol. The molecule has 3 heteroatoms. The molecule has 1 N–H and O–H groups in total. The highest BCUT2D eigenvalue weighted by Gasteiger charge is 2.19. The van der Waals surface area contributed by atoms with Crippen LogP contribution in [0.25, 0.3) is 0 Å². The van der Waals surface area contributed by atoms with Crippen molar-refractivity contribution in [1.82, 2.24) is 4.90 Å². The van der Waals surface area contributed by atoms with E-state index in [1.807, 2.05) is 11.0 Å². The lowest BCUT2D eigenvalue weighted by Crippen LogP contribution is -2.36.